The molecule has 15 nitrogen and oxygen atoms in total. The van der Waals surface area contributed by atoms with Crippen molar-refractivity contribution in [2.45, 2.75) is 84.2 Å². The molecule has 2 aliphatic rings. The van der Waals surface area contributed by atoms with E-state index in [4.69, 9.17) is 18.9 Å². The van der Waals surface area contributed by atoms with Crippen molar-refractivity contribution in [2.24, 2.45) is 17.8 Å². The maximum absolute atomic E-state index is 14.1. The van der Waals surface area contributed by atoms with Crippen LogP contribution in [0.25, 0.3) is 0 Å². The second kappa shape index (κ2) is 19.0. The number of carbonyl (C=O) groups is 5. The Morgan fingerprint density at radius 2 is 1.77 bits per heavy atom. The van der Waals surface area contributed by atoms with Crippen molar-refractivity contribution in [3.8, 4) is 0 Å². The van der Waals surface area contributed by atoms with E-state index in [9.17, 15) is 24.0 Å². The van der Waals surface area contributed by atoms with Crippen LogP contribution < -0.4 is 10.6 Å². The Bertz CT molecular complexity index is 1550. The first kappa shape index (κ1) is 41.2. The van der Waals surface area contributed by atoms with Crippen molar-refractivity contribution < 1.29 is 42.9 Å². The Kier molecular flexibility index (Phi) is 15.1. The second-order valence-electron chi connectivity index (χ2n) is 13.9. The van der Waals surface area contributed by atoms with E-state index in [1.165, 1.54) is 36.7 Å². The zero-order valence-electron chi connectivity index (χ0n) is 31.2. The van der Waals surface area contributed by atoms with Gasteiger partial charge >= 0.3 is 11.9 Å². The summed E-state index contributed by atoms with van der Waals surface area (Å²) in [5.41, 5.74) is 1.01. The van der Waals surface area contributed by atoms with Gasteiger partial charge in [0, 0.05) is 67.8 Å². The highest BCUT2D eigenvalue weighted by molar-refractivity contribution is 7.10. The Balaban J connectivity index is 1.50. The van der Waals surface area contributed by atoms with E-state index in [-0.39, 0.29) is 48.3 Å². The normalized spacial score (nSPS) is 19.4. The van der Waals surface area contributed by atoms with Crippen molar-refractivity contribution in [1.82, 2.24) is 30.4 Å². The summed E-state index contributed by atoms with van der Waals surface area (Å²) in [4.78, 5) is 78.2. The molecule has 0 radical (unpaired) electrons. The van der Waals surface area contributed by atoms with Crippen LogP contribution in [-0.4, -0.2) is 128 Å². The number of aromatic nitrogens is 2. The molecular formula is C35H52N6O9S2. The first-order chi connectivity index (χ1) is 24.7. The van der Waals surface area contributed by atoms with E-state index < -0.39 is 48.1 Å². The van der Waals surface area contributed by atoms with Crippen LogP contribution >= 0.6 is 22.7 Å². The van der Waals surface area contributed by atoms with Gasteiger partial charge in [-0.1, -0.05) is 20.8 Å². The fourth-order valence-corrected chi connectivity index (χ4v) is 8.04. The van der Waals surface area contributed by atoms with Gasteiger partial charge in [0.05, 0.1) is 44.5 Å². The van der Waals surface area contributed by atoms with Gasteiger partial charge in [0.15, 0.2) is 6.10 Å². The molecule has 0 aromatic carbocycles. The summed E-state index contributed by atoms with van der Waals surface area (Å²) in [5, 5.41) is 10.7. The lowest BCUT2D eigenvalue weighted by Crippen LogP contribution is -2.62. The maximum atomic E-state index is 14.1. The molecule has 3 amide bonds. The molecule has 0 saturated carbocycles. The van der Waals surface area contributed by atoms with Gasteiger partial charge < -0.3 is 34.5 Å². The molecule has 288 valence electrons. The molecular weight excluding hydrogens is 713 g/mol. The first-order valence-corrected chi connectivity index (χ1v) is 19.3. The van der Waals surface area contributed by atoms with Crippen LogP contribution in [0.2, 0.25) is 0 Å². The summed E-state index contributed by atoms with van der Waals surface area (Å²) in [6, 6.07) is -2.17. The van der Waals surface area contributed by atoms with Gasteiger partial charge in [-0.2, -0.15) is 0 Å². The van der Waals surface area contributed by atoms with E-state index in [1.807, 2.05) is 38.1 Å². The summed E-state index contributed by atoms with van der Waals surface area (Å²) in [7, 11) is 4.87. The smallest absolute Gasteiger partial charge is 0.308 e. The summed E-state index contributed by atoms with van der Waals surface area (Å²) in [6.45, 7) is 11.0. The minimum Gasteiger partial charge on any atom is -0.469 e. The number of carbonyl (C=O) groups excluding carboxylic acids is 5. The van der Waals surface area contributed by atoms with E-state index >= 15 is 0 Å². The standard InChI is InChI=1S/C35H52N6O9S2/c1-19(2)26(41(7)34(45)30(23-14-49-15-23)39-32(44)27-16-48-10-9-40(27)6)13-28(50-22(5)42)33-38-25(18-52-33)31(43)37-24(11-20(3)35(46)47-8)12-29-36-21(4)17-51-29/h17-20,23-24,26-28,30H,9-16H2,1-8H3,(H,37,43)(H,39,44)/t20-,24+,26+,27+,28+,30-/m0/s1. The van der Waals surface area contributed by atoms with E-state index in [0.29, 0.717) is 44.2 Å². The van der Waals surface area contributed by atoms with E-state index in [1.54, 1.807) is 24.3 Å². The number of thiazole rings is 2. The number of likely N-dealkylation sites (N-methyl/N-ethyl adjacent to an activating group) is 2. The number of amides is 3. The van der Waals surface area contributed by atoms with Gasteiger partial charge in [-0.05, 0) is 26.3 Å². The number of aryl methyl sites for hydroxylation is 1. The highest BCUT2D eigenvalue weighted by Gasteiger charge is 2.41. The average Bonchev–Trinajstić information content (AvgIpc) is 3.73. The van der Waals surface area contributed by atoms with E-state index in [0.717, 1.165) is 10.7 Å². The number of rotatable bonds is 17. The SMILES string of the molecule is COC(=O)[C@@H](C)C[C@H](Cc1nc(C)cs1)NC(=O)c1csc([C@@H](C[C@H](C(C)C)N(C)C(=O)[C@@H](NC(=O)[C@H]2COCCN2C)C2COC2)OC(C)=O)n1. The van der Waals surface area contributed by atoms with Gasteiger partial charge in [-0.15, -0.1) is 22.7 Å². The van der Waals surface area contributed by atoms with Crippen molar-refractivity contribution >= 4 is 52.3 Å². The zero-order valence-corrected chi connectivity index (χ0v) is 32.8. The molecule has 2 saturated heterocycles. The predicted molar refractivity (Wildman–Crippen MR) is 194 cm³/mol. The molecule has 2 aliphatic heterocycles. The Hall–Kier alpha value is -3.51. The third-order valence-corrected chi connectivity index (χ3v) is 11.4. The molecule has 4 rings (SSSR count). The molecule has 52 heavy (non-hydrogen) atoms. The number of nitrogens with zero attached hydrogens (tertiary/aromatic N) is 4. The number of esters is 2. The lowest BCUT2D eigenvalue weighted by atomic mass is 9.92. The molecule has 4 heterocycles. The lowest BCUT2D eigenvalue weighted by Gasteiger charge is -2.40. The van der Waals surface area contributed by atoms with Crippen LogP contribution in [0.1, 0.15) is 72.8 Å². The molecule has 6 atom stereocenters. The maximum Gasteiger partial charge on any atom is 0.308 e. The summed E-state index contributed by atoms with van der Waals surface area (Å²) in [5.74, 6) is -2.63. The highest BCUT2D eigenvalue weighted by Crippen LogP contribution is 2.31. The number of methoxy groups -OCH3 is 1. The number of morpholine rings is 1. The molecule has 0 unspecified atom stereocenters. The largest absolute Gasteiger partial charge is 0.469 e. The van der Waals surface area contributed by atoms with Gasteiger partial charge in [0.25, 0.3) is 5.91 Å². The van der Waals surface area contributed by atoms with Gasteiger partial charge in [0.1, 0.15) is 22.8 Å². The molecule has 2 aromatic rings. The second-order valence-corrected chi connectivity index (χ2v) is 15.8. The van der Waals surface area contributed by atoms with Crippen LogP contribution in [0.15, 0.2) is 10.8 Å². The third kappa shape index (κ3) is 11.0. The quantitative estimate of drug-likeness (QED) is 0.225. The topological polar surface area (TPSA) is 179 Å². The van der Waals surface area contributed by atoms with Crippen molar-refractivity contribution in [3.63, 3.8) is 0 Å². The summed E-state index contributed by atoms with van der Waals surface area (Å²) < 4.78 is 21.6. The fraction of sp³-hybridized carbons (Fsp3) is 0.686. The Morgan fingerprint density at radius 3 is 2.35 bits per heavy atom. The fourth-order valence-electron chi connectivity index (χ4n) is 6.34. The molecule has 2 aromatic heterocycles. The average molecular weight is 765 g/mol. The minimum absolute atomic E-state index is 0.0753. The molecule has 2 fully saturated rings. The Morgan fingerprint density at radius 1 is 1.04 bits per heavy atom. The van der Waals surface area contributed by atoms with Crippen LogP contribution in [-0.2, 0) is 44.5 Å². The number of nitrogens with one attached hydrogen (secondary N) is 2. The highest BCUT2D eigenvalue weighted by atomic mass is 32.1. The summed E-state index contributed by atoms with van der Waals surface area (Å²) in [6.07, 6.45) is 0.111. The lowest BCUT2D eigenvalue weighted by molar-refractivity contribution is -0.152. The first-order valence-electron chi connectivity index (χ1n) is 17.5. The molecule has 0 bridgehead atoms. The van der Waals surface area contributed by atoms with Crippen molar-refractivity contribution in [1.29, 1.82) is 0 Å². The number of hydrogen-bond acceptors (Lipinski definition) is 14. The van der Waals surface area contributed by atoms with Crippen LogP contribution in [0.4, 0.5) is 0 Å². The van der Waals surface area contributed by atoms with Crippen LogP contribution in [0.3, 0.4) is 0 Å². The van der Waals surface area contributed by atoms with Crippen molar-refractivity contribution in [3.05, 3.63) is 32.2 Å². The number of ether oxygens (including phenoxy) is 4. The molecule has 0 aliphatic carbocycles. The summed E-state index contributed by atoms with van der Waals surface area (Å²) >= 11 is 2.66. The zero-order chi connectivity index (χ0) is 38.1. The van der Waals surface area contributed by atoms with Crippen molar-refractivity contribution in [2.75, 3.05) is 54.2 Å². The van der Waals surface area contributed by atoms with Gasteiger partial charge in [-0.25, -0.2) is 9.97 Å². The number of hydrogen-bond donors (Lipinski definition) is 2. The minimum atomic E-state index is -0.853. The molecule has 0 spiro atoms. The van der Waals surface area contributed by atoms with E-state index in [2.05, 4.69) is 20.6 Å². The molecule has 17 heteroatoms. The van der Waals surface area contributed by atoms with Gasteiger partial charge in [0.2, 0.25) is 11.8 Å². The van der Waals surface area contributed by atoms with Crippen LogP contribution in [0, 0.1) is 24.7 Å². The monoisotopic (exact) mass is 764 g/mol. The molecule has 2 N–H and O–H groups in total. The third-order valence-electron chi connectivity index (χ3n) is 9.47. The van der Waals surface area contributed by atoms with Gasteiger partial charge in [-0.3, -0.25) is 28.9 Å². The van der Waals surface area contributed by atoms with Crippen LogP contribution in [0.5, 0.6) is 0 Å². The predicted octanol–water partition coefficient (Wildman–Crippen LogP) is 2.39. The Labute approximate surface area is 313 Å².